The molecule has 9 N–H and O–H groups in total. The Balaban J connectivity index is 0.0000000876. The molecule has 27 rings (SSSR count). The van der Waals surface area contributed by atoms with Crippen molar-refractivity contribution < 1.29 is 18.6 Å². The van der Waals surface area contributed by atoms with Crippen LogP contribution in [-0.4, -0.2) is 96.3 Å². The lowest BCUT2D eigenvalue weighted by Gasteiger charge is -1.97. The van der Waals surface area contributed by atoms with Crippen LogP contribution in [0.3, 0.4) is 0 Å². The molecule has 0 radical (unpaired) electrons. The van der Waals surface area contributed by atoms with Crippen molar-refractivity contribution in [3.8, 4) is 5.75 Å². The molecule has 0 spiro atoms. The second-order valence-electron chi connectivity index (χ2n) is 31.7. The van der Waals surface area contributed by atoms with Gasteiger partial charge in [-0.2, -0.15) is 0 Å². The largest absolute Gasteiger partial charge is 0.493 e. The van der Waals surface area contributed by atoms with E-state index in [4.69, 9.17) is 18.6 Å². The average molecular weight is 1550 g/mol. The van der Waals surface area contributed by atoms with Gasteiger partial charge in [0.15, 0.2) is 0 Å². The van der Waals surface area contributed by atoms with Crippen LogP contribution >= 0.6 is 0 Å². The first-order valence-corrected chi connectivity index (χ1v) is 40.8. The monoisotopic (exact) mass is 1550 g/mol. The second-order valence-corrected chi connectivity index (χ2v) is 31.7. The van der Waals surface area contributed by atoms with Gasteiger partial charge in [-0.3, -0.25) is 0 Å². The van der Waals surface area contributed by atoms with Crippen LogP contribution < -0.4 is 4.74 Å². The van der Waals surface area contributed by atoms with E-state index in [0.717, 1.165) is 180 Å². The molecule has 9 aromatic carbocycles. The Bertz CT molecular complexity index is 6380. The number of aromatic amines is 9. The molecule has 0 saturated carbocycles. The Morgan fingerprint density at radius 3 is 1.12 bits per heavy atom. The highest BCUT2D eigenvalue weighted by Gasteiger charge is 2.22. The molecule has 0 fully saturated rings. The summed E-state index contributed by atoms with van der Waals surface area (Å²) in [5, 5.41) is 1.11. The molecule has 8 aliphatic rings. The normalized spacial score (nSPS) is 14.4. The van der Waals surface area contributed by atoms with Gasteiger partial charge in [-0.25, -0.2) is 44.9 Å². The number of fused-ring (bicyclic) bond motifs is 24. The van der Waals surface area contributed by atoms with Crippen molar-refractivity contribution in [3.63, 3.8) is 0 Å². The number of hydrogen-bond acceptors (Lipinski definition) is 13. The molecule has 22 nitrogen and oxygen atoms in total. The van der Waals surface area contributed by atoms with Crippen molar-refractivity contribution in [2.45, 2.75) is 166 Å². The van der Waals surface area contributed by atoms with Crippen LogP contribution in [0.1, 0.15) is 155 Å². The van der Waals surface area contributed by atoms with Crippen LogP contribution in [0.15, 0.2) is 138 Å². The minimum absolute atomic E-state index is 0.705. The van der Waals surface area contributed by atoms with Crippen molar-refractivity contribution in [1.29, 1.82) is 0 Å². The van der Waals surface area contributed by atoms with E-state index < -0.39 is 0 Å². The highest BCUT2D eigenvalue weighted by Crippen LogP contribution is 2.36. The van der Waals surface area contributed by atoms with E-state index in [0.29, 0.717) is 13.2 Å². The summed E-state index contributed by atoms with van der Waals surface area (Å²) >= 11 is 0. The summed E-state index contributed by atoms with van der Waals surface area (Å²) in [6.45, 7) is 21.6. The highest BCUT2D eigenvalue weighted by molar-refractivity contribution is 5.93. The van der Waals surface area contributed by atoms with Crippen LogP contribution in [0.25, 0.3) is 122 Å². The standard InChI is InChI=1S/3C11H12N2.2C11H10N2.3C10H10N2O.C10H8N2O/c1-7-12-10-5-8-3-2-4-9(8)6-11(10)13-7;4*1-7-12-10-6-5-8-3-2-4-9(8)11(10)13-7;2*1-6-11-9-3-2-7-4-13-5-8(7)10(9)12-6;2*1-6-11-8-4-7-2-3-13-10(7)5-9(8)12-6/h3*5-6H,2-4H2,1H3,(H,12,13);2*2,4-6H,3H2,1H3,(H,12,13);2*2-3H,4-5H2,1H3,(H,11,12);4-5H,2-3H2,1H3,(H,11,12);2-5H,1H3,(H,11,12). The number of ether oxygens (including phenoxy) is 3. The fraction of sp³-hybridized carbons (Fsp3) is 0.274. The van der Waals surface area contributed by atoms with Gasteiger partial charge in [0, 0.05) is 46.2 Å². The van der Waals surface area contributed by atoms with Crippen LogP contribution in [0.4, 0.5) is 0 Å². The second kappa shape index (κ2) is 31.3. The fourth-order valence-electron chi connectivity index (χ4n) is 17.7. The molecular weight excluding hydrogens is 1460 g/mol. The number of rotatable bonds is 0. The zero-order valence-corrected chi connectivity index (χ0v) is 67.5. The maximum Gasteiger partial charge on any atom is 0.136 e. The Morgan fingerprint density at radius 1 is 0.282 bits per heavy atom. The molecular formula is C95H94N18O4. The van der Waals surface area contributed by atoms with Gasteiger partial charge in [0.25, 0.3) is 0 Å². The van der Waals surface area contributed by atoms with E-state index in [-0.39, 0.29) is 0 Å². The number of imidazole rings is 9. The van der Waals surface area contributed by atoms with E-state index in [1.165, 1.54) is 169 Å². The Hall–Kier alpha value is -13.1. The van der Waals surface area contributed by atoms with Crippen LogP contribution in [-0.2, 0) is 93.7 Å². The Labute approximate surface area is 674 Å². The van der Waals surface area contributed by atoms with Crippen molar-refractivity contribution in [2.24, 2.45) is 0 Å². The first kappa shape index (κ1) is 74.1. The van der Waals surface area contributed by atoms with Gasteiger partial charge >= 0.3 is 0 Å². The zero-order valence-electron chi connectivity index (χ0n) is 67.5. The van der Waals surface area contributed by atoms with Crippen LogP contribution in [0, 0.1) is 62.3 Å². The number of H-pyrrole nitrogens is 9. The summed E-state index contributed by atoms with van der Waals surface area (Å²) in [5.41, 5.74) is 41.7. The van der Waals surface area contributed by atoms with Crippen molar-refractivity contribution >= 4 is 122 Å². The van der Waals surface area contributed by atoms with E-state index in [1.54, 1.807) is 6.26 Å². The van der Waals surface area contributed by atoms with E-state index in [2.05, 4.69) is 205 Å². The minimum Gasteiger partial charge on any atom is -0.493 e. The maximum absolute atomic E-state index is 5.46. The first-order chi connectivity index (χ1) is 57.0. The molecule has 588 valence electrons. The molecule has 5 aliphatic carbocycles. The van der Waals surface area contributed by atoms with Gasteiger partial charge in [-0.1, -0.05) is 60.7 Å². The zero-order chi connectivity index (χ0) is 79.5. The third kappa shape index (κ3) is 15.2. The Morgan fingerprint density at radius 2 is 0.641 bits per heavy atom. The number of aromatic nitrogens is 18. The summed E-state index contributed by atoms with van der Waals surface area (Å²) in [5.74, 6) is 9.86. The van der Waals surface area contributed by atoms with Gasteiger partial charge in [0.1, 0.15) is 63.8 Å². The molecule has 19 aromatic rings. The summed E-state index contributed by atoms with van der Waals surface area (Å²) in [6, 6.07) is 40.3. The number of hydrogen-bond donors (Lipinski definition) is 9. The first-order valence-electron chi connectivity index (χ1n) is 40.8. The van der Waals surface area contributed by atoms with E-state index in [9.17, 15) is 0 Å². The lowest BCUT2D eigenvalue weighted by atomic mass is 10.1. The quantitative estimate of drug-likeness (QED) is 0.0683. The van der Waals surface area contributed by atoms with Gasteiger partial charge < -0.3 is 63.5 Å². The van der Waals surface area contributed by atoms with Crippen molar-refractivity contribution in [1.82, 2.24) is 89.7 Å². The number of nitrogens with zero attached hydrogens (tertiary/aromatic N) is 9. The SMILES string of the molecule is Cc1nc2c3c(ccc2[nH]1)CC=C3.Cc1nc2c3c(ccc2[nH]1)CC=C3.Cc1nc2c3c(ccc2[nH]1)CCC3.Cc1nc2c3c(ccc2[nH]1)CCC3.Cc1nc2c3c(ccc2[nH]1)COC3.Cc1nc2c3c(ccc2[nH]1)COC3.Cc1nc2cc3c(cc2[nH]1)CCC3.Cc1nc2cc3c(cc2[nH]1)CCO3.Cc1nc2cc3occc3cc2[nH]1. The van der Waals surface area contributed by atoms with Gasteiger partial charge in [0.05, 0.1) is 139 Å². The molecule has 13 heterocycles. The van der Waals surface area contributed by atoms with E-state index in [1.807, 2.05) is 86.6 Å². The molecule has 0 saturated heterocycles. The van der Waals surface area contributed by atoms with Gasteiger partial charge in [-0.05, 0) is 261 Å². The fourth-order valence-corrected chi connectivity index (χ4v) is 17.7. The molecule has 0 amide bonds. The molecule has 0 atom stereocenters. The van der Waals surface area contributed by atoms with Crippen LogP contribution in [0.2, 0.25) is 0 Å². The molecule has 0 unspecified atom stereocenters. The van der Waals surface area contributed by atoms with E-state index >= 15 is 0 Å². The third-order valence-electron chi connectivity index (χ3n) is 23.1. The molecule has 22 heteroatoms. The summed E-state index contributed by atoms with van der Waals surface area (Å²) in [7, 11) is 0. The number of allylic oxidation sites excluding steroid dienone is 2. The number of nitrogens with one attached hydrogen (secondary N) is 9. The lowest BCUT2D eigenvalue weighted by Crippen LogP contribution is -1.85. The minimum atomic E-state index is 0.705. The predicted octanol–water partition coefficient (Wildman–Crippen LogP) is 20.2. The number of benzene rings is 9. The smallest absolute Gasteiger partial charge is 0.136 e. The van der Waals surface area contributed by atoms with Crippen molar-refractivity contribution in [2.75, 3.05) is 6.61 Å². The predicted molar refractivity (Wildman–Crippen MR) is 465 cm³/mol. The third-order valence-corrected chi connectivity index (χ3v) is 23.1. The Kier molecular flexibility index (Phi) is 19.8. The molecule has 3 aliphatic heterocycles. The average Bonchev–Trinajstić information content (AvgIpc) is 1.22. The summed E-state index contributed by atoms with van der Waals surface area (Å²) < 4.78 is 21.5. The van der Waals surface area contributed by atoms with Gasteiger partial charge in [-0.15, -0.1) is 0 Å². The molecule has 10 aromatic heterocycles. The number of aryl methyl sites for hydroxylation is 15. The van der Waals surface area contributed by atoms with Crippen molar-refractivity contribution in [3.05, 3.63) is 270 Å². The lowest BCUT2D eigenvalue weighted by molar-refractivity contribution is 0.135. The molecule has 117 heavy (non-hydrogen) atoms. The molecule has 0 bridgehead atoms. The highest BCUT2D eigenvalue weighted by atomic mass is 16.5. The maximum atomic E-state index is 5.46. The summed E-state index contributed by atoms with van der Waals surface area (Å²) in [4.78, 5) is 69.2. The van der Waals surface area contributed by atoms with Crippen LogP contribution in [0.5, 0.6) is 5.75 Å². The summed E-state index contributed by atoms with van der Waals surface area (Å²) in [6.07, 6.45) is 24.8. The van der Waals surface area contributed by atoms with Gasteiger partial charge in [0.2, 0.25) is 0 Å². The topological polar surface area (TPSA) is 299 Å². The number of furan rings is 1.